The van der Waals surface area contributed by atoms with Crippen LogP contribution in [0.2, 0.25) is 0 Å². The maximum absolute atomic E-state index is 12.7. The molecule has 0 amide bonds. The van der Waals surface area contributed by atoms with E-state index < -0.39 is 0 Å². The first-order valence-electron chi connectivity index (χ1n) is 5.01. The first-order chi connectivity index (χ1) is 7.15. The SMILES string of the molecule is CCC(C#N)(CC)Sc1ccc(F)cc1. The van der Waals surface area contributed by atoms with Gasteiger partial charge in [0.15, 0.2) is 0 Å². The van der Waals surface area contributed by atoms with Gasteiger partial charge in [-0.1, -0.05) is 13.8 Å². The fourth-order valence-electron chi connectivity index (χ4n) is 1.30. The Bertz CT molecular complexity index is 349. The number of nitriles is 1. The van der Waals surface area contributed by atoms with E-state index in [1.165, 1.54) is 23.9 Å². The Hall–Kier alpha value is -1.01. The summed E-state index contributed by atoms with van der Waals surface area (Å²) in [4.78, 5) is 0.946. The Morgan fingerprint density at radius 2 is 1.80 bits per heavy atom. The molecular weight excluding hydrogens is 209 g/mol. The van der Waals surface area contributed by atoms with E-state index in [2.05, 4.69) is 6.07 Å². The largest absolute Gasteiger partial charge is 0.207 e. The zero-order chi connectivity index (χ0) is 11.3. The van der Waals surface area contributed by atoms with Crippen LogP contribution in [-0.4, -0.2) is 4.75 Å². The molecule has 0 heterocycles. The molecule has 0 spiro atoms. The molecule has 0 aliphatic rings. The van der Waals surface area contributed by atoms with E-state index in [4.69, 9.17) is 5.26 Å². The van der Waals surface area contributed by atoms with E-state index in [1.54, 1.807) is 12.1 Å². The Kier molecular flexibility index (Phi) is 4.16. The topological polar surface area (TPSA) is 23.8 Å². The molecule has 1 aromatic rings. The second kappa shape index (κ2) is 5.18. The lowest BCUT2D eigenvalue weighted by Crippen LogP contribution is -2.19. The molecule has 0 saturated heterocycles. The second-order valence-electron chi connectivity index (χ2n) is 3.37. The van der Waals surface area contributed by atoms with Gasteiger partial charge in [-0.05, 0) is 37.1 Å². The minimum atomic E-state index is -0.377. The monoisotopic (exact) mass is 223 g/mol. The lowest BCUT2D eigenvalue weighted by molar-refractivity contribution is 0.626. The summed E-state index contributed by atoms with van der Waals surface area (Å²) in [7, 11) is 0. The molecule has 0 saturated carbocycles. The number of halogens is 1. The lowest BCUT2D eigenvalue weighted by Gasteiger charge is -2.22. The number of benzene rings is 1. The highest BCUT2D eigenvalue weighted by Gasteiger charge is 2.26. The van der Waals surface area contributed by atoms with Crippen LogP contribution in [0.1, 0.15) is 26.7 Å². The van der Waals surface area contributed by atoms with Crippen molar-refractivity contribution in [3.05, 3.63) is 30.1 Å². The van der Waals surface area contributed by atoms with Crippen LogP contribution in [0.4, 0.5) is 4.39 Å². The van der Waals surface area contributed by atoms with Crippen molar-refractivity contribution in [2.75, 3.05) is 0 Å². The molecule has 0 bridgehead atoms. The second-order valence-corrected chi connectivity index (χ2v) is 4.83. The molecule has 0 aromatic heterocycles. The van der Waals surface area contributed by atoms with Gasteiger partial charge in [0.2, 0.25) is 0 Å². The fourth-order valence-corrected chi connectivity index (χ4v) is 2.36. The van der Waals surface area contributed by atoms with Crippen LogP contribution in [-0.2, 0) is 0 Å². The number of nitrogens with zero attached hydrogens (tertiary/aromatic N) is 1. The van der Waals surface area contributed by atoms with Gasteiger partial charge in [-0.2, -0.15) is 5.26 Å². The molecule has 0 aliphatic carbocycles. The highest BCUT2D eigenvalue weighted by Crippen LogP contribution is 2.37. The third-order valence-electron chi connectivity index (χ3n) is 2.47. The maximum atomic E-state index is 12.7. The Morgan fingerprint density at radius 3 is 2.20 bits per heavy atom. The standard InChI is InChI=1S/C12H14FNS/c1-3-12(4-2,9-14)15-11-7-5-10(13)6-8-11/h5-8H,3-4H2,1-2H3. The molecule has 0 atom stereocenters. The van der Waals surface area contributed by atoms with E-state index in [-0.39, 0.29) is 10.6 Å². The summed E-state index contributed by atoms with van der Waals surface area (Å²) in [6, 6.07) is 8.64. The van der Waals surface area contributed by atoms with Gasteiger partial charge < -0.3 is 0 Å². The number of hydrogen-bond acceptors (Lipinski definition) is 2. The summed E-state index contributed by atoms with van der Waals surface area (Å²) in [6.45, 7) is 4.01. The molecular formula is C12H14FNS. The summed E-state index contributed by atoms with van der Waals surface area (Å²) in [5.41, 5.74) is 0. The van der Waals surface area contributed by atoms with Crippen LogP contribution in [0.15, 0.2) is 29.2 Å². The van der Waals surface area contributed by atoms with E-state index in [9.17, 15) is 4.39 Å². The van der Waals surface area contributed by atoms with Crippen LogP contribution >= 0.6 is 11.8 Å². The zero-order valence-corrected chi connectivity index (χ0v) is 9.77. The number of hydrogen-bond donors (Lipinski definition) is 0. The van der Waals surface area contributed by atoms with Gasteiger partial charge in [-0.3, -0.25) is 0 Å². The molecule has 1 aromatic carbocycles. The minimum absolute atomic E-state index is 0.241. The molecule has 0 radical (unpaired) electrons. The summed E-state index contributed by atoms with van der Waals surface area (Å²) < 4.78 is 12.3. The predicted octanol–water partition coefficient (Wildman–Crippen LogP) is 4.00. The maximum Gasteiger partial charge on any atom is 0.123 e. The Morgan fingerprint density at radius 1 is 1.27 bits per heavy atom. The molecule has 0 unspecified atom stereocenters. The average molecular weight is 223 g/mol. The minimum Gasteiger partial charge on any atom is -0.207 e. The number of thioether (sulfide) groups is 1. The van der Waals surface area contributed by atoms with Crippen molar-refractivity contribution in [1.29, 1.82) is 5.26 Å². The smallest absolute Gasteiger partial charge is 0.123 e. The van der Waals surface area contributed by atoms with Crippen LogP contribution in [0.3, 0.4) is 0 Å². The summed E-state index contributed by atoms with van der Waals surface area (Å²) in [5.74, 6) is -0.241. The quantitative estimate of drug-likeness (QED) is 0.720. The van der Waals surface area contributed by atoms with Crippen molar-refractivity contribution < 1.29 is 4.39 Å². The molecule has 0 fully saturated rings. The van der Waals surface area contributed by atoms with Gasteiger partial charge in [-0.15, -0.1) is 11.8 Å². The average Bonchev–Trinajstić information content (AvgIpc) is 2.29. The van der Waals surface area contributed by atoms with E-state index in [1.807, 2.05) is 13.8 Å². The molecule has 80 valence electrons. The van der Waals surface area contributed by atoms with Crippen molar-refractivity contribution in [3.63, 3.8) is 0 Å². The Labute approximate surface area is 94.3 Å². The van der Waals surface area contributed by atoms with Crippen LogP contribution in [0.25, 0.3) is 0 Å². The van der Waals surface area contributed by atoms with E-state index in [0.717, 1.165) is 17.7 Å². The van der Waals surface area contributed by atoms with Crippen molar-refractivity contribution in [2.45, 2.75) is 36.3 Å². The van der Waals surface area contributed by atoms with Gasteiger partial charge in [0.05, 0.1) is 6.07 Å². The van der Waals surface area contributed by atoms with Gasteiger partial charge in [-0.25, -0.2) is 4.39 Å². The first kappa shape index (κ1) is 12.1. The summed E-state index contributed by atoms with van der Waals surface area (Å²) >= 11 is 1.52. The summed E-state index contributed by atoms with van der Waals surface area (Å²) in [6.07, 6.45) is 1.59. The molecule has 0 aliphatic heterocycles. The van der Waals surface area contributed by atoms with Crippen molar-refractivity contribution in [2.24, 2.45) is 0 Å². The van der Waals surface area contributed by atoms with Crippen molar-refractivity contribution >= 4 is 11.8 Å². The zero-order valence-electron chi connectivity index (χ0n) is 8.96. The van der Waals surface area contributed by atoms with Crippen LogP contribution < -0.4 is 0 Å². The third-order valence-corrected chi connectivity index (χ3v) is 4.04. The Balaban J connectivity index is 2.84. The van der Waals surface area contributed by atoms with Gasteiger partial charge >= 0.3 is 0 Å². The first-order valence-corrected chi connectivity index (χ1v) is 5.83. The summed E-state index contributed by atoms with van der Waals surface area (Å²) in [5, 5.41) is 9.15. The fraction of sp³-hybridized carbons (Fsp3) is 0.417. The van der Waals surface area contributed by atoms with E-state index >= 15 is 0 Å². The lowest BCUT2D eigenvalue weighted by atomic mass is 10.1. The molecule has 15 heavy (non-hydrogen) atoms. The molecule has 1 rings (SSSR count). The predicted molar refractivity (Wildman–Crippen MR) is 61.2 cm³/mol. The van der Waals surface area contributed by atoms with E-state index in [0.29, 0.717) is 0 Å². The van der Waals surface area contributed by atoms with Gasteiger partial charge in [0.25, 0.3) is 0 Å². The van der Waals surface area contributed by atoms with Crippen LogP contribution in [0.5, 0.6) is 0 Å². The molecule has 3 heteroatoms. The molecule has 0 N–H and O–H groups in total. The van der Waals surface area contributed by atoms with Gasteiger partial charge in [0, 0.05) is 4.90 Å². The molecule has 1 nitrogen and oxygen atoms in total. The van der Waals surface area contributed by atoms with Gasteiger partial charge in [0.1, 0.15) is 10.6 Å². The highest BCUT2D eigenvalue weighted by atomic mass is 32.2. The van der Waals surface area contributed by atoms with Crippen molar-refractivity contribution in [3.8, 4) is 6.07 Å². The normalized spacial score (nSPS) is 11.1. The number of rotatable bonds is 4. The van der Waals surface area contributed by atoms with Crippen molar-refractivity contribution in [1.82, 2.24) is 0 Å². The van der Waals surface area contributed by atoms with Crippen LogP contribution in [0, 0.1) is 17.1 Å². The highest BCUT2D eigenvalue weighted by molar-refractivity contribution is 8.01. The third kappa shape index (κ3) is 2.97.